The van der Waals surface area contributed by atoms with E-state index in [0.717, 1.165) is 22.3 Å². The maximum Gasteiger partial charge on any atom is 0.164 e. The average Bonchev–Trinajstić information content (AvgIpc) is 3.69. The molecular formula is C45H29N3O. The number of furan rings is 1. The van der Waals surface area contributed by atoms with Crippen LogP contribution in [0.4, 0.5) is 0 Å². The minimum Gasteiger partial charge on any atom is -0.455 e. The fourth-order valence-corrected chi connectivity index (χ4v) is 5.68. The maximum atomic E-state index is 9.23. The van der Waals surface area contributed by atoms with Crippen LogP contribution in [0, 0.1) is 0 Å². The standard InChI is InChI=1S/C45H29N3O/c1-3-10-30(11-4-1)31-18-20-32(21-19-31)33-22-26-36(27-23-33)44-46-43(35-12-5-2-6-13-35)47-45(48-44)37-28-24-34(25-29-37)38-15-9-16-40-39-14-7-8-17-41(39)49-42(38)40/h1-29H/i7D,8D,9D,14D,15D,16D,17D,24D,25D,28D,29D. The molecule has 9 rings (SSSR count). The molecule has 7 aromatic carbocycles. The van der Waals surface area contributed by atoms with Crippen molar-refractivity contribution in [2.45, 2.75) is 0 Å². The van der Waals surface area contributed by atoms with Crippen molar-refractivity contribution in [3.8, 4) is 67.5 Å². The number of hydrogen-bond donors (Lipinski definition) is 0. The second-order valence-electron chi connectivity index (χ2n) is 11.2. The third kappa shape index (κ3) is 5.45. The van der Waals surface area contributed by atoms with Crippen LogP contribution in [0.15, 0.2) is 180 Å². The summed E-state index contributed by atoms with van der Waals surface area (Å²) in [6.45, 7) is 0. The van der Waals surface area contributed by atoms with Crippen LogP contribution in [0.1, 0.15) is 15.1 Å². The number of aromatic nitrogens is 3. The number of para-hydroxylation sites is 2. The van der Waals surface area contributed by atoms with E-state index in [0.29, 0.717) is 11.1 Å². The molecule has 0 N–H and O–H groups in total. The molecule has 0 aliphatic rings. The zero-order chi connectivity index (χ0) is 42.1. The average molecular weight is 639 g/mol. The van der Waals surface area contributed by atoms with Gasteiger partial charge in [0.1, 0.15) is 11.2 Å². The van der Waals surface area contributed by atoms with E-state index in [-0.39, 0.29) is 50.5 Å². The van der Waals surface area contributed by atoms with E-state index in [2.05, 4.69) is 29.2 Å². The van der Waals surface area contributed by atoms with Gasteiger partial charge in [0.25, 0.3) is 0 Å². The zero-order valence-corrected chi connectivity index (χ0v) is 25.6. The molecule has 0 bridgehead atoms. The number of rotatable bonds is 6. The lowest BCUT2D eigenvalue weighted by atomic mass is 9.99. The summed E-state index contributed by atoms with van der Waals surface area (Å²) in [5, 5.41) is -0.401. The Hall–Kier alpha value is -6.65. The van der Waals surface area contributed by atoms with E-state index in [1.165, 1.54) is 0 Å². The van der Waals surface area contributed by atoms with Gasteiger partial charge in [-0.2, -0.15) is 0 Å². The van der Waals surface area contributed by atoms with E-state index < -0.39 is 72.0 Å². The first kappa shape index (κ1) is 19.2. The van der Waals surface area contributed by atoms with Gasteiger partial charge in [-0.3, -0.25) is 0 Å². The zero-order valence-electron chi connectivity index (χ0n) is 36.6. The molecule has 0 saturated carbocycles. The molecule has 0 aliphatic heterocycles. The summed E-state index contributed by atoms with van der Waals surface area (Å²) in [6.07, 6.45) is 0. The van der Waals surface area contributed by atoms with Crippen LogP contribution < -0.4 is 0 Å². The van der Waals surface area contributed by atoms with Crippen molar-refractivity contribution in [1.29, 1.82) is 0 Å². The number of fused-ring (bicyclic) bond motifs is 3. The highest BCUT2D eigenvalue weighted by atomic mass is 16.3. The summed E-state index contributed by atoms with van der Waals surface area (Å²) in [5.74, 6) is 0.293. The molecule has 0 atom stereocenters. The second-order valence-corrected chi connectivity index (χ2v) is 11.2. The first-order valence-corrected chi connectivity index (χ1v) is 15.5. The number of nitrogens with zero attached hydrogens (tertiary/aromatic N) is 3. The highest BCUT2D eigenvalue weighted by Gasteiger charge is 2.15. The SMILES string of the molecule is [2H]c1c([2H])c(-c2c([2H])c([2H])c([2H])c3c2oc2c([2H])c([2H])c([2H])c([2H])c23)c([2H])c([2H])c1-c1nc(-c2ccccc2)nc(-c2ccc(-c3ccc(-c4ccccc4)cc3)cc2)n1. The van der Waals surface area contributed by atoms with Gasteiger partial charge >= 0.3 is 0 Å². The lowest BCUT2D eigenvalue weighted by Crippen LogP contribution is -2.00. The van der Waals surface area contributed by atoms with Gasteiger partial charge in [-0.1, -0.05) is 170 Å². The van der Waals surface area contributed by atoms with E-state index in [1.54, 1.807) is 12.1 Å². The van der Waals surface area contributed by atoms with Crippen molar-refractivity contribution in [1.82, 2.24) is 15.0 Å². The summed E-state index contributed by atoms with van der Waals surface area (Å²) < 4.78 is 102. The normalized spacial score (nSPS) is 14.4. The highest BCUT2D eigenvalue weighted by molar-refractivity contribution is 6.09. The molecule has 0 fully saturated rings. The predicted molar refractivity (Wildman–Crippen MR) is 200 cm³/mol. The van der Waals surface area contributed by atoms with E-state index in [1.807, 2.05) is 72.8 Å². The molecule has 0 unspecified atom stereocenters. The van der Waals surface area contributed by atoms with Gasteiger partial charge < -0.3 is 4.42 Å². The van der Waals surface area contributed by atoms with Crippen LogP contribution in [0.25, 0.3) is 89.5 Å². The Bertz CT molecular complexity index is 3170. The van der Waals surface area contributed by atoms with Gasteiger partial charge in [0.2, 0.25) is 0 Å². The summed E-state index contributed by atoms with van der Waals surface area (Å²) in [4.78, 5) is 14.1. The summed E-state index contributed by atoms with van der Waals surface area (Å²) in [5.41, 5.74) is 3.68. The molecule has 0 spiro atoms. The van der Waals surface area contributed by atoms with Crippen molar-refractivity contribution >= 4 is 21.9 Å². The molecule has 230 valence electrons. The minimum atomic E-state index is -0.654. The largest absolute Gasteiger partial charge is 0.455 e. The Morgan fingerprint density at radius 3 is 1.43 bits per heavy atom. The number of benzene rings is 7. The third-order valence-electron chi connectivity index (χ3n) is 8.17. The first-order chi connectivity index (χ1) is 28.8. The van der Waals surface area contributed by atoms with Crippen LogP contribution in [-0.4, -0.2) is 15.0 Å². The van der Waals surface area contributed by atoms with Crippen molar-refractivity contribution < 1.29 is 19.5 Å². The smallest absolute Gasteiger partial charge is 0.164 e. The van der Waals surface area contributed by atoms with Crippen molar-refractivity contribution in [2.24, 2.45) is 0 Å². The quantitative estimate of drug-likeness (QED) is 0.182. The van der Waals surface area contributed by atoms with Crippen LogP contribution in [0.3, 0.4) is 0 Å². The van der Waals surface area contributed by atoms with Gasteiger partial charge in [-0.05, 0) is 33.9 Å². The van der Waals surface area contributed by atoms with Crippen molar-refractivity contribution in [3.63, 3.8) is 0 Å². The molecule has 0 radical (unpaired) electrons. The van der Waals surface area contributed by atoms with Gasteiger partial charge in [-0.25, -0.2) is 15.0 Å². The monoisotopic (exact) mass is 638 g/mol. The first-order valence-electron chi connectivity index (χ1n) is 21.0. The fourth-order valence-electron chi connectivity index (χ4n) is 5.68. The van der Waals surface area contributed by atoms with Crippen LogP contribution in [0.2, 0.25) is 0 Å². The molecule has 0 aliphatic carbocycles. The van der Waals surface area contributed by atoms with Gasteiger partial charge in [0.15, 0.2) is 17.5 Å². The molecule has 49 heavy (non-hydrogen) atoms. The molecular weight excluding hydrogens is 599 g/mol. The maximum absolute atomic E-state index is 9.23. The van der Waals surface area contributed by atoms with Gasteiger partial charge in [-0.15, -0.1) is 0 Å². The van der Waals surface area contributed by atoms with Crippen LogP contribution in [0.5, 0.6) is 0 Å². The molecule has 2 heterocycles. The molecule has 2 aromatic heterocycles. The second kappa shape index (κ2) is 12.2. The van der Waals surface area contributed by atoms with Gasteiger partial charge in [0, 0.05) is 33.0 Å². The fraction of sp³-hybridized carbons (Fsp3) is 0. The molecule has 4 heteroatoms. The summed E-state index contributed by atoms with van der Waals surface area (Å²) >= 11 is 0. The predicted octanol–water partition coefficient (Wildman–Crippen LogP) is 11.8. The lowest BCUT2D eigenvalue weighted by molar-refractivity contribution is 0.670. The molecule has 0 amide bonds. The summed E-state index contributed by atoms with van der Waals surface area (Å²) in [7, 11) is 0. The van der Waals surface area contributed by atoms with E-state index in [9.17, 15) is 5.48 Å². The van der Waals surface area contributed by atoms with Crippen LogP contribution >= 0.6 is 0 Å². The Labute approximate surface area is 299 Å². The number of hydrogen-bond acceptors (Lipinski definition) is 4. The molecule has 9 aromatic rings. The van der Waals surface area contributed by atoms with E-state index >= 15 is 0 Å². The lowest BCUT2D eigenvalue weighted by Gasteiger charge is -2.10. The van der Waals surface area contributed by atoms with Crippen LogP contribution in [-0.2, 0) is 0 Å². The Morgan fingerprint density at radius 1 is 0.367 bits per heavy atom. The topological polar surface area (TPSA) is 51.8 Å². The van der Waals surface area contributed by atoms with Crippen molar-refractivity contribution in [2.75, 3.05) is 0 Å². The highest BCUT2D eigenvalue weighted by Crippen LogP contribution is 2.36. The minimum absolute atomic E-state index is 0.144. The molecule has 0 saturated heterocycles. The van der Waals surface area contributed by atoms with E-state index in [4.69, 9.17) is 24.0 Å². The third-order valence-corrected chi connectivity index (χ3v) is 8.17. The Balaban J connectivity index is 1.20. The Morgan fingerprint density at radius 2 is 0.816 bits per heavy atom. The summed E-state index contributed by atoms with van der Waals surface area (Å²) in [6, 6.07) is 28.5. The Kier molecular flexibility index (Phi) is 4.78. The van der Waals surface area contributed by atoms with Crippen molar-refractivity contribution in [3.05, 3.63) is 176 Å². The van der Waals surface area contributed by atoms with Gasteiger partial charge in [0.05, 0.1) is 15.1 Å². The molecule has 4 nitrogen and oxygen atoms in total.